The molecule has 0 aliphatic carbocycles. The molecule has 0 amide bonds. The maximum absolute atomic E-state index is 8.56. The van der Waals surface area contributed by atoms with Crippen molar-refractivity contribution in [1.29, 1.82) is 0 Å². The Kier molecular flexibility index (Phi) is 25.7. The molecule has 6 heavy (non-hydrogen) atoms. The van der Waals surface area contributed by atoms with Crippen LogP contribution in [0.15, 0.2) is 0 Å². The van der Waals surface area contributed by atoms with Gasteiger partial charge in [-0.15, -0.1) is 0 Å². The van der Waals surface area contributed by atoms with Crippen LogP contribution in [-0.2, 0) is 22.7 Å². The van der Waals surface area contributed by atoms with Crippen LogP contribution >= 0.6 is 0 Å². The van der Waals surface area contributed by atoms with E-state index < -0.39 is 15.4 Å². The Morgan fingerprint density at radius 3 is 1.33 bits per heavy atom. The third kappa shape index (κ3) is 43.7. The predicted molar refractivity (Wildman–Crippen MR) is 7.13 cm³/mol. The van der Waals surface area contributed by atoms with Gasteiger partial charge < -0.3 is 12.4 Å². The molecule has 0 aliphatic rings. The van der Waals surface area contributed by atoms with Crippen LogP contribution < -0.4 is 16.4 Å². The van der Waals surface area contributed by atoms with Gasteiger partial charge in [0.1, 0.15) is 0 Å². The molecule has 0 saturated heterocycles. The minimum atomic E-state index is -3.94. The normalized spacial score (nSPS) is 4.17. The van der Waals surface area contributed by atoms with Gasteiger partial charge in [0.05, 0.1) is 0 Å². The fourth-order valence-electron chi connectivity index (χ4n) is 0. The van der Waals surface area contributed by atoms with Gasteiger partial charge in [0.2, 0.25) is 0 Å². The second kappa shape index (κ2) is 9.85. The molecule has 0 atom stereocenters. The number of rotatable bonds is 0. The van der Waals surface area contributed by atoms with Gasteiger partial charge in [-0.3, -0.25) is 0 Å². The summed E-state index contributed by atoms with van der Waals surface area (Å²) in [7, 11) is 0. The van der Waals surface area contributed by atoms with Gasteiger partial charge in [-0.1, -0.05) is 0 Å². The van der Waals surface area contributed by atoms with Crippen molar-refractivity contribution in [2.75, 3.05) is 0 Å². The molecular weight excluding hydrogens is 174 g/mol. The van der Waals surface area contributed by atoms with Crippen molar-refractivity contribution in [2.24, 2.45) is 0 Å². The molecular formula is CaClO3V. The second-order valence-electron chi connectivity index (χ2n) is 0.224. The first-order valence-electron chi connectivity index (χ1n) is 0.548. The van der Waals surface area contributed by atoms with Crippen molar-refractivity contribution in [3.05, 3.63) is 0 Å². The topological polar surface area (TPSA) is 57.2 Å². The van der Waals surface area contributed by atoms with E-state index in [-0.39, 0.29) is 50.1 Å². The Balaban J connectivity index is -0.0000000450. The SMILES string of the molecule is [Ca+2].[Cl-].[O]=[V](=[O])[O-]. The Hall–Kier alpha value is 1.69. The van der Waals surface area contributed by atoms with Crippen LogP contribution in [0.25, 0.3) is 0 Å². The zero-order chi connectivity index (χ0) is 3.58. The summed E-state index contributed by atoms with van der Waals surface area (Å²) < 4.78 is 25.7. The fourth-order valence-corrected chi connectivity index (χ4v) is 0. The molecule has 0 N–H and O–H groups in total. The Morgan fingerprint density at radius 2 is 1.33 bits per heavy atom. The third-order valence-corrected chi connectivity index (χ3v) is 0. The third-order valence-electron chi connectivity index (χ3n) is 0. The van der Waals surface area contributed by atoms with Crippen LogP contribution in [0, 0.1) is 0 Å². The molecule has 0 bridgehead atoms. The van der Waals surface area contributed by atoms with Gasteiger partial charge in [0, 0.05) is 0 Å². The summed E-state index contributed by atoms with van der Waals surface area (Å²) in [5, 5.41) is 0. The van der Waals surface area contributed by atoms with Gasteiger partial charge >= 0.3 is 64.5 Å². The summed E-state index contributed by atoms with van der Waals surface area (Å²) in [5.74, 6) is 0. The molecule has 0 spiro atoms. The first-order valence-corrected chi connectivity index (χ1v) is 2.26. The molecule has 0 heterocycles. The van der Waals surface area contributed by atoms with Crippen LogP contribution in [-0.4, -0.2) is 37.7 Å². The summed E-state index contributed by atoms with van der Waals surface area (Å²) in [6.07, 6.45) is 0. The average molecular weight is 174 g/mol. The predicted octanol–water partition coefficient (Wildman–Crippen LogP) is -4.81. The van der Waals surface area contributed by atoms with Crippen molar-refractivity contribution in [2.45, 2.75) is 0 Å². The summed E-state index contributed by atoms with van der Waals surface area (Å²) in [6, 6.07) is 0. The van der Waals surface area contributed by atoms with E-state index in [0.29, 0.717) is 0 Å². The van der Waals surface area contributed by atoms with Crippen molar-refractivity contribution in [3.63, 3.8) is 0 Å². The van der Waals surface area contributed by atoms with Crippen molar-refractivity contribution in [3.8, 4) is 0 Å². The Bertz CT molecular complexity index is 59.2. The van der Waals surface area contributed by atoms with Crippen LogP contribution in [0.5, 0.6) is 0 Å². The van der Waals surface area contributed by atoms with E-state index in [0.717, 1.165) is 0 Å². The van der Waals surface area contributed by atoms with Gasteiger partial charge in [0.25, 0.3) is 0 Å². The molecule has 0 fully saturated rings. The number of hydrogen-bond donors (Lipinski definition) is 0. The van der Waals surface area contributed by atoms with E-state index >= 15 is 0 Å². The van der Waals surface area contributed by atoms with Gasteiger partial charge in [-0.2, -0.15) is 0 Å². The molecule has 32 valence electrons. The molecule has 0 aromatic carbocycles. The average Bonchev–Trinajstić information content (AvgIpc) is 0.811. The minimum absolute atomic E-state index is 0. The molecule has 0 aromatic rings. The zero-order valence-electron chi connectivity index (χ0n) is 2.76. The maximum atomic E-state index is 8.56. The summed E-state index contributed by atoms with van der Waals surface area (Å²) >= 11 is -3.94. The van der Waals surface area contributed by atoms with Crippen molar-refractivity contribution >= 4 is 37.7 Å². The summed E-state index contributed by atoms with van der Waals surface area (Å²) in [5.41, 5.74) is 0. The summed E-state index contributed by atoms with van der Waals surface area (Å²) in [4.78, 5) is 0. The number of hydrogen-bond acceptors (Lipinski definition) is 3. The van der Waals surface area contributed by atoms with Gasteiger partial charge in [-0.25, -0.2) is 0 Å². The fraction of sp³-hybridized carbons (Fsp3) is 0. The molecule has 3 nitrogen and oxygen atoms in total. The monoisotopic (exact) mass is 174 g/mol. The van der Waals surface area contributed by atoms with Crippen LogP contribution in [0.2, 0.25) is 0 Å². The standard InChI is InChI=1S/Ca.ClH.3O.V/h;1H;;;;/q+2;;;;-1;/p-1. The van der Waals surface area contributed by atoms with Crippen LogP contribution in [0.1, 0.15) is 0 Å². The van der Waals surface area contributed by atoms with E-state index in [1.807, 2.05) is 0 Å². The quantitative estimate of drug-likeness (QED) is 0.346. The van der Waals surface area contributed by atoms with Crippen molar-refractivity contribution < 1.29 is 39.2 Å². The van der Waals surface area contributed by atoms with E-state index in [2.05, 4.69) is 0 Å². The molecule has 0 saturated carbocycles. The van der Waals surface area contributed by atoms with Gasteiger partial charge in [-0.05, 0) is 0 Å². The van der Waals surface area contributed by atoms with Crippen molar-refractivity contribution in [1.82, 2.24) is 0 Å². The first kappa shape index (κ1) is 15.6. The molecule has 0 unspecified atom stereocenters. The molecule has 0 radical (unpaired) electrons. The molecule has 0 aliphatic heterocycles. The number of halogens is 1. The van der Waals surface area contributed by atoms with E-state index in [4.69, 9.17) is 11.4 Å². The van der Waals surface area contributed by atoms with Crippen LogP contribution in [0.4, 0.5) is 0 Å². The Morgan fingerprint density at radius 1 is 1.33 bits per heavy atom. The molecule has 0 aromatic heterocycles. The van der Waals surface area contributed by atoms with E-state index in [1.54, 1.807) is 0 Å². The second-order valence-corrected chi connectivity index (χ2v) is 0.922. The van der Waals surface area contributed by atoms with Gasteiger partial charge in [0.15, 0.2) is 0 Å². The molecule has 0 rings (SSSR count). The zero-order valence-corrected chi connectivity index (χ0v) is 7.12. The van der Waals surface area contributed by atoms with E-state index in [9.17, 15) is 0 Å². The first-order chi connectivity index (χ1) is 1.73. The van der Waals surface area contributed by atoms with Crippen LogP contribution in [0.3, 0.4) is 0 Å². The molecule has 6 heteroatoms. The summed E-state index contributed by atoms with van der Waals surface area (Å²) in [6.45, 7) is 0. The Labute approximate surface area is 75.9 Å². The van der Waals surface area contributed by atoms with E-state index in [1.165, 1.54) is 0 Å².